The van der Waals surface area contributed by atoms with E-state index in [0.29, 0.717) is 33.8 Å². The van der Waals surface area contributed by atoms with E-state index in [2.05, 4.69) is 10.0 Å². The number of ether oxygens (including phenoxy) is 1. The Morgan fingerprint density at radius 2 is 1.75 bits per heavy atom. The molecule has 1 amide bonds. The second-order valence-corrected chi connectivity index (χ2v) is 9.59. The number of nitrogens with one attached hydrogen (secondary N) is 2. The number of amides is 1. The summed E-state index contributed by atoms with van der Waals surface area (Å²) in [4.78, 5) is 24.9. The van der Waals surface area contributed by atoms with Gasteiger partial charge < -0.3 is 10.1 Å². The Balaban J connectivity index is 1.82. The molecule has 0 saturated heterocycles. The molecule has 0 aliphatic heterocycles. The van der Waals surface area contributed by atoms with Crippen molar-refractivity contribution in [2.75, 3.05) is 19.0 Å². The topological polar surface area (TPSA) is 102 Å². The second-order valence-electron chi connectivity index (χ2n) is 6.93. The molecule has 0 fully saturated rings. The van der Waals surface area contributed by atoms with Gasteiger partial charge in [0.2, 0.25) is 10.0 Å². The molecule has 1 aromatic heterocycles. The molecule has 32 heavy (non-hydrogen) atoms. The first-order valence-corrected chi connectivity index (χ1v) is 12.4. The Morgan fingerprint density at radius 3 is 2.44 bits per heavy atom. The van der Waals surface area contributed by atoms with E-state index in [0.717, 1.165) is 12.8 Å². The zero-order valence-corrected chi connectivity index (χ0v) is 19.4. The summed E-state index contributed by atoms with van der Waals surface area (Å²) in [5, 5.41) is 4.40. The molecule has 2 N–H and O–H groups in total. The lowest BCUT2D eigenvalue weighted by Gasteiger charge is -2.12. The number of unbranched alkanes of at least 4 members (excludes halogenated alkanes) is 1. The molecule has 1 heterocycles. The van der Waals surface area contributed by atoms with Crippen LogP contribution in [0.15, 0.2) is 64.9 Å². The summed E-state index contributed by atoms with van der Waals surface area (Å²) < 4.78 is 32.9. The first-order chi connectivity index (χ1) is 15.4. The molecule has 3 aromatic rings. The van der Waals surface area contributed by atoms with Crippen molar-refractivity contribution in [2.24, 2.45) is 0 Å². The van der Waals surface area contributed by atoms with Crippen molar-refractivity contribution in [3.63, 3.8) is 0 Å². The maximum absolute atomic E-state index is 12.8. The normalized spacial score (nSPS) is 11.2. The van der Waals surface area contributed by atoms with E-state index in [1.807, 2.05) is 6.92 Å². The number of benzene rings is 2. The summed E-state index contributed by atoms with van der Waals surface area (Å²) >= 11 is 1.18. The molecular formula is C23H24N2O5S2. The Labute approximate surface area is 191 Å². The van der Waals surface area contributed by atoms with Crippen LogP contribution in [0, 0.1) is 0 Å². The second kappa shape index (κ2) is 10.5. The van der Waals surface area contributed by atoms with E-state index in [1.54, 1.807) is 60.0 Å². The number of rotatable bonds is 9. The molecule has 0 bridgehead atoms. The number of esters is 1. The maximum Gasteiger partial charge on any atom is 0.350 e. The summed E-state index contributed by atoms with van der Waals surface area (Å²) in [6.07, 6.45) is 1.65. The third-order valence-corrected chi connectivity index (χ3v) is 7.15. The molecule has 0 unspecified atom stereocenters. The largest absolute Gasteiger partial charge is 0.465 e. The van der Waals surface area contributed by atoms with Crippen LogP contribution in [0.4, 0.5) is 5.69 Å². The van der Waals surface area contributed by atoms with Gasteiger partial charge >= 0.3 is 5.97 Å². The van der Waals surface area contributed by atoms with Crippen molar-refractivity contribution in [3.8, 4) is 11.1 Å². The van der Waals surface area contributed by atoms with E-state index in [4.69, 9.17) is 4.74 Å². The minimum Gasteiger partial charge on any atom is -0.465 e. The molecule has 3 rings (SSSR count). The third kappa shape index (κ3) is 5.42. The highest BCUT2D eigenvalue weighted by Crippen LogP contribution is 2.28. The smallest absolute Gasteiger partial charge is 0.350 e. The quantitative estimate of drug-likeness (QED) is 0.352. The lowest BCUT2D eigenvalue weighted by molar-refractivity contribution is 0.0607. The van der Waals surface area contributed by atoms with Crippen molar-refractivity contribution in [3.05, 3.63) is 70.4 Å². The predicted octanol–water partition coefficient (Wildman–Crippen LogP) is 4.53. The van der Waals surface area contributed by atoms with E-state index in [9.17, 15) is 18.0 Å². The van der Waals surface area contributed by atoms with Crippen LogP contribution >= 0.6 is 11.3 Å². The van der Waals surface area contributed by atoms with Gasteiger partial charge in [-0.1, -0.05) is 43.7 Å². The molecule has 7 nitrogen and oxygen atoms in total. The molecule has 0 radical (unpaired) electrons. The number of sulfonamides is 1. The Kier molecular flexibility index (Phi) is 7.79. The van der Waals surface area contributed by atoms with E-state index < -0.39 is 16.0 Å². The molecule has 0 spiro atoms. The molecule has 0 saturated carbocycles. The number of hydrogen-bond acceptors (Lipinski definition) is 6. The summed E-state index contributed by atoms with van der Waals surface area (Å²) in [5.41, 5.74) is 1.97. The molecule has 0 aliphatic rings. The fourth-order valence-corrected chi connectivity index (χ4v) is 5.12. The van der Waals surface area contributed by atoms with Crippen LogP contribution in [0.5, 0.6) is 0 Å². The summed E-state index contributed by atoms with van der Waals surface area (Å²) in [6.45, 7) is 2.37. The van der Waals surface area contributed by atoms with Crippen molar-refractivity contribution in [1.29, 1.82) is 0 Å². The molecule has 0 aliphatic carbocycles. The zero-order valence-electron chi connectivity index (χ0n) is 17.8. The average Bonchev–Trinajstić information content (AvgIpc) is 3.27. The van der Waals surface area contributed by atoms with Gasteiger partial charge in [0.25, 0.3) is 5.91 Å². The Bertz CT molecular complexity index is 1200. The van der Waals surface area contributed by atoms with Crippen LogP contribution in [0.1, 0.15) is 39.8 Å². The van der Waals surface area contributed by atoms with Gasteiger partial charge in [0.15, 0.2) is 0 Å². The van der Waals surface area contributed by atoms with E-state index in [1.165, 1.54) is 18.4 Å². The SMILES string of the molecule is CCCCNS(=O)(=O)c1ccccc1-c1ccc(C(=O)Nc2ccsc2C(=O)OC)cc1. The average molecular weight is 473 g/mol. The standard InChI is InChI=1S/C23H24N2O5S2/c1-3-4-14-24-32(28,29)20-8-6-5-7-18(20)16-9-11-17(12-10-16)22(26)25-19-13-15-31-21(19)23(27)30-2/h5-13,15,24H,3-4,14H2,1-2H3,(H,25,26). The molecule has 168 valence electrons. The maximum atomic E-state index is 12.8. The monoisotopic (exact) mass is 472 g/mol. The van der Waals surface area contributed by atoms with Gasteiger partial charge in [-0.05, 0) is 41.6 Å². The minimum atomic E-state index is -3.66. The fourth-order valence-electron chi connectivity index (χ4n) is 3.05. The number of methoxy groups -OCH3 is 1. The number of anilines is 1. The van der Waals surface area contributed by atoms with Crippen molar-refractivity contribution in [1.82, 2.24) is 4.72 Å². The molecule has 2 aromatic carbocycles. The van der Waals surface area contributed by atoms with E-state index in [-0.39, 0.29) is 10.8 Å². The van der Waals surface area contributed by atoms with Crippen LogP contribution < -0.4 is 10.0 Å². The fraction of sp³-hybridized carbons (Fsp3) is 0.217. The Hall–Kier alpha value is -3.01. The van der Waals surface area contributed by atoms with Gasteiger partial charge in [0.05, 0.1) is 17.7 Å². The summed E-state index contributed by atoms with van der Waals surface area (Å²) in [7, 11) is -2.38. The van der Waals surface area contributed by atoms with Crippen LogP contribution in [0.3, 0.4) is 0 Å². The predicted molar refractivity (Wildman–Crippen MR) is 126 cm³/mol. The highest BCUT2D eigenvalue weighted by molar-refractivity contribution is 7.89. The highest BCUT2D eigenvalue weighted by atomic mass is 32.2. The molecule has 0 atom stereocenters. The van der Waals surface area contributed by atoms with Gasteiger partial charge in [-0.15, -0.1) is 11.3 Å². The Morgan fingerprint density at radius 1 is 1.03 bits per heavy atom. The highest BCUT2D eigenvalue weighted by Gasteiger charge is 2.19. The summed E-state index contributed by atoms with van der Waals surface area (Å²) in [6, 6.07) is 15.0. The van der Waals surface area contributed by atoms with Gasteiger partial charge in [-0.25, -0.2) is 17.9 Å². The third-order valence-electron chi connectivity index (χ3n) is 4.74. The van der Waals surface area contributed by atoms with Crippen LogP contribution in [-0.2, 0) is 14.8 Å². The number of thiophene rings is 1. The van der Waals surface area contributed by atoms with Gasteiger partial charge in [-0.2, -0.15) is 0 Å². The lowest BCUT2D eigenvalue weighted by atomic mass is 10.0. The van der Waals surface area contributed by atoms with Crippen LogP contribution in [0.25, 0.3) is 11.1 Å². The van der Waals surface area contributed by atoms with Gasteiger partial charge in [0.1, 0.15) is 4.88 Å². The van der Waals surface area contributed by atoms with Crippen molar-refractivity contribution in [2.45, 2.75) is 24.7 Å². The first kappa shape index (κ1) is 23.6. The van der Waals surface area contributed by atoms with Crippen molar-refractivity contribution < 1.29 is 22.7 Å². The zero-order chi connectivity index (χ0) is 23.1. The minimum absolute atomic E-state index is 0.189. The lowest BCUT2D eigenvalue weighted by Crippen LogP contribution is -2.25. The van der Waals surface area contributed by atoms with Gasteiger partial charge in [-0.3, -0.25) is 4.79 Å². The van der Waals surface area contributed by atoms with Crippen LogP contribution in [0.2, 0.25) is 0 Å². The number of hydrogen-bond donors (Lipinski definition) is 2. The van der Waals surface area contributed by atoms with E-state index >= 15 is 0 Å². The molecular weight excluding hydrogens is 448 g/mol. The molecule has 9 heteroatoms. The number of carbonyl (C=O) groups is 2. The first-order valence-electron chi connectivity index (χ1n) is 10.0. The summed E-state index contributed by atoms with van der Waals surface area (Å²) in [5.74, 6) is -0.904. The number of carbonyl (C=O) groups excluding carboxylic acids is 2. The van der Waals surface area contributed by atoms with Gasteiger partial charge in [0, 0.05) is 17.7 Å². The van der Waals surface area contributed by atoms with Crippen molar-refractivity contribution >= 4 is 38.9 Å². The van der Waals surface area contributed by atoms with Crippen LogP contribution in [-0.4, -0.2) is 33.9 Å².